The van der Waals surface area contributed by atoms with Gasteiger partial charge in [-0.05, 0) is 48.4 Å². The summed E-state index contributed by atoms with van der Waals surface area (Å²) in [5.41, 5.74) is 1.77. The van der Waals surface area contributed by atoms with E-state index < -0.39 is 6.36 Å². The Kier molecular flexibility index (Phi) is 5.78. The molecule has 0 fully saturated rings. The van der Waals surface area contributed by atoms with E-state index in [0.717, 1.165) is 12.0 Å². The van der Waals surface area contributed by atoms with Crippen molar-refractivity contribution in [1.29, 1.82) is 0 Å². The first-order valence-corrected chi connectivity index (χ1v) is 7.22. The molecule has 0 spiro atoms. The summed E-state index contributed by atoms with van der Waals surface area (Å²) < 4.78 is 50.5. The van der Waals surface area contributed by atoms with Gasteiger partial charge in [0.15, 0.2) is 11.5 Å². The highest BCUT2D eigenvalue weighted by Gasteiger charge is 2.30. The second-order valence-electron chi connectivity index (χ2n) is 4.94. The minimum Gasteiger partial charge on any atom is -0.493 e. The second-order valence-corrected chi connectivity index (χ2v) is 4.94. The third kappa shape index (κ3) is 5.26. The lowest BCUT2D eigenvalue weighted by Gasteiger charge is -2.11. The van der Waals surface area contributed by atoms with Gasteiger partial charge in [-0.2, -0.15) is 0 Å². The van der Waals surface area contributed by atoms with Crippen LogP contribution in [0.25, 0.3) is 0 Å². The number of rotatable bonds is 7. The average Bonchev–Trinajstić information content (AvgIpc) is 2.55. The van der Waals surface area contributed by atoms with Crippen molar-refractivity contribution in [1.82, 2.24) is 0 Å². The molecule has 2 aromatic rings. The van der Waals surface area contributed by atoms with E-state index in [4.69, 9.17) is 9.47 Å². The Labute approximate surface area is 138 Å². The molecule has 0 aliphatic rings. The van der Waals surface area contributed by atoms with Crippen molar-refractivity contribution in [2.24, 2.45) is 0 Å². The molecule has 0 bridgehead atoms. The second kappa shape index (κ2) is 7.81. The van der Waals surface area contributed by atoms with Gasteiger partial charge in [0.05, 0.1) is 14.2 Å². The van der Waals surface area contributed by atoms with Gasteiger partial charge in [-0.15, -0.1) is 13.2 Å². The predicted molar refractivity (Wildman–Crippen MR) is 84.9 cm³/mol. The van der Waals surface area contributed by atoms with Crippen LogP contribution in [0.5, 0.6) is 17.2 Å². The van der Waals surface area contributed by atoms with Crippen molar-refractivity contribution >= 4 is 5.69 Å². The van der Waals surface area contributed by atoms with Crippen LogP contribution < -0.4 is 19.5 Å². The van der Waals surface area contributed by atoms with Gasteiger partial charge < -0.3 is 19.5 Å². The number of anilines is 1. The summed E-state index contributed by atoms with van der Waals surface area (Å²) in [6.45, 7) is 0.620. The Morgan fingerprint density at radius 1 is 0.917 bits per heavy atom. The van der Waals surface area contributed by atoms with Crippen molar-refractivity contribution < 1.29 is 27.4 Å². The summed E-state index contributed by atoms with van der Waals surface area (Å²) in [5, 5.41) is 3.14. The summed E-state index contributed by atoms with van der Waals surface area (Å²) in [5.74, 6) is 1.08. The van der Waals surface area contributed by atoms with Crippen LogP contribution in [0.15, 0.2) is 42.5 Å². The molecule has 0 saturated heterocycles. The van der Waals surface area contributed by atoms with Crippen molar-refractivity contribution in [2.75, 3.05) is 26.1 Å². The van der Waals surface area contributed by atoms with Crippen LogP contribution in [-0.2, 0) is 6.42 Å². The molecule has 0 heterocycles. The van der Waals surface area contributed by atoms with Gasteiger partial charge in [0.1, 0.15) is 5.75 Å². The van der Waals surface area contributed by atoms with Crippen LogP contribution in [0.1, 0.15) is 5.56 Å². The zero-order chi connectivity index (χ0) is 17.6. The first-order valence-electron chi connectivity index (χ1n) is 7.22. The molecular formula is C17H18F3NO3. The number of methoxy groups -OCH3 is 2. The van der Waals surface area contributed by atoms with E-state index in [-0.39, 0.29) is 5.75 Å². The maximum atomic E-state index is 12.1. The van der Waals surface area contributed by atoms with E-state index in [2.05, 4.69) is 10.1 Å². The minimum absolute atomic E-state index is 0.243. The van der Waals surface area contributed by atoms with Gasteiger partial charge >= 0.3 is 6.36 Å². The molecule has 0 aliphatic heterocycles. The van der Waals surface area contributed by atoms with Crippen LogP contribution in [-0.4, -0.2) is 27.1 Å². The third-order valence-corrected chi connectivity index (χ3v) is 3.28. The van der Waals surface area contributed by atoms with E-state index in [1.165, 1.54) is 24.3 Å². The van der Waals surface area contributed by atoms with Crippen molar-refractivity contribution in [2.45, 2.75) is 12.8 Å². The minimum atomic E-state index is -4.68. The van der Waals surface area contributed by atoms with E-state index >= 15 is 0 Å². The lowest BCUT2D eigenvalue weighted by Crippen LogP contribution is -2.17. The SMILES string of the molecule is COc1ccc(CCNc2ccc(OC(F)(F)F)cc2)cc1OC. The number of benzene rings is 2. The maximum absolute atomic E-state index is 12.1. The maximum Gasteiger partial charge on any atom is 0.573 e. The highest BCUT2D eigenvalue weighted by atomic mass is 19.4. The van der Waals surface area contributed by atoms with E-state index in [1.807, 2.05) is 18.2 Å². The molecule has 130 valence electrons. The lowest BCUT2D eigenvalue weighted by atomic mass is 10.1. The largest absolute Gasteiger partial charge is 0.573 e. The van der Waals surface area contributed by atoms with Gasteiger partial charge in [-0.1, -0.05) is 6.07 Å². The van der Waals surface area contributed by atoms with Crippen molar-refractivity contribution in [3.8, 4) is 17.2 Å². The predicted octanol–water partition coefficient (Wildman–Crippen LogP) is 4.26. The average molecular weight is 341 g/mol. The van der Waals surface area contributed by atoms with Crippen LogP contribution in [0, 0.1) is 0 Å². The van der Waals surface area contributed by atoms with E-state index in [0.29, 0.717) is 23.7 Å². The summed E-state index contributed by atoms with van der Waals surface area (Å²) in [4.78, 5) is 0. The highest BCUT2D eigenvalue weighted by molar-refractivity contribution is 5.47. The first kappa shape index (κ1) is 17.8. The van der Waals surface area contributed by atoms with Crippen LogP contribution in [0.2, 0.25) is 0 Å². The number of nitrogens with one attached hydrogen (secondary N) is 1. The Bertz CT molecular complexity index is 657. The molecule has 2 rings (SSSR count). The normalized spacial score (nSPS) is 11.0. The number of ether oxygens (including phenoxy) is 3. The number of halogens is 3. The lowest BCUT2D eigenvalue weighted by molar-refractivity contribution is -0.274. The van der Waals surface area contributed by atoms with E-state index in [1.54, 1.807) is 14.2 Å². The molecule has 0 radical (unpaired) electrons. The molecule has 0 saturated carbocycles. The smallest absolute Gasteiger partial charge is 0.493 e. The Hall–Kier alpha value is -2.57. The van der Waals surface area contributed by atoms with Crippen molar-refractivity contribution in [3.63, 3.8) is 0 Å². The fraction of sp³-hybridized carbons (Fsp3) is 0.294. The Balaban J connectivity index is 1.88. The van der Waals surface area contributed by atoms with Gasteiger partial charge in [-0.25, -0.2) is 0 Å². The topological polar surface area (TPSA) is 39.7 Å². The highest BCUT2D eigenvalue weighted by Crippen LogP contribution is 2.28. The zero-order valence-corrected chi connectivity index (χ0v) is 13.3. The van der Waals surface area contributed by atoms with E-state index in [9.17, 15) is 13.2 Å². The fourth-order valence-corrected chi connectivity index (χ4v) is 2.16. The standard InChI is InChI=1S/C17H18F3NO3/c1-22-15-8-3-12(11-16(15)23-2)9-10-21-13-4-6-14(7-5-13)24-17(18,19)20/h3-8,11,21H,9-10H2,1-2H3. The molecular weight excluding hydrogens is 323 g/mol. The van der Waals surface area contributed by atoms with Gasteiger partial charge in [-0.3, -0.25) is 0 Å². The van der Waals surface area contributed by atoms with Crippen LogP contribution in [0.4, 0.5) is 18.9 Å². The molecule has 24 heavy (non-hydrogen) atoms. The van der Waals surface area contributed by atoms with Gasteiger partial charge in [0.2, 0.25) is 0 Å². The van der Waals surface area contributed by atoms with Gasteiger partial charge in [0.25, 0.3) is 0 Å². The first-order chi connectivity index (χ1) is 11.4. The van der Waals surface area contributed by atoms with Crippen LogP contribution >= 0.6 is 0 Å². The number of hydrogen-bond donors (Lipinski definition) is 1. The van der Waals surface area contributed by atoms with Crippen LogP contribution in [0.3, 0.4) is 0 Å². The summed E-state index contributed by atoms with van der Waals surface area (Å²) in [6.07, 6.45) is -3.95. The molecule has 7 heteroatoms. The number of alkyl halides is 3. The molecule has 4 nitrogen and oxygen atoms in total. The summed E-state index contributed by atoms with van der Waals surface area (Å²) >= 11 is 0. The Morgan fingerprint density at radius 2 is 1.58 bits per heavy atom. The summed E-state index contributed by atoms with van der Waals surface area (Å²) in [6, 6.07) is 11.3. The fourth-order valence-electron chi connectivity index (χ4n) is 2.16. The molecule has 2 aromatic carbocycles. The zero-order valence-electron chi connectivity index (χ0n) is 13.3. The third-order valence-electron chi connectivity index (χ3n) is 3.28. The molecule has 0 aliphatic carbocycles. The quantitative estimate of drug-likeness (QED) is 0.817. The molecule has 0 unspecified atom stereocenters. The molecule has 0 aromatic heterocycles. The molecule has 0 amide bonds. The molecule has 1 N–H and O–H groups in total. The number of hydrogen-bond acceptors (Lipinski definition) is 4. The van der Waals surface area contributed by atoms with Crippen molar-refractivity contribution in [3.05, 3.63) is 48.0 Å². The molecule has 0 atom stereocenters. The monoisotopic (exact) mass is 341 g/mol. The summed E-state index contributed by atoms with van der Waals surface area (Å²) in [7, 11) is 3.15. The van der Waals surface area contributed by atoms with Gasteiger partial charge in [0, 0.05) is 12.2 Å². The Morgan fingerprint density at radius 3 is 2.17 bits per heavy atom.